The minimum atomic E-state index is -0.484. The van der Waals surface area contributed by atoms with Crippen molar-refractivity contribution in [2.75, 3.05) is 18.6 Å². The molecule has 1 aliphatic carbocycles. The minimum Gasteiger partial charge on any atom is -0.479 e. The summed E-state index contributed by atoms with van der Waals surface area (Å²) in [6, 6.07) is 3.92. The van der Waals surface area contributed by atoms with E-state index in [2.05, 4.69) is 9.88 Å². The lowest BCUT2D eigenvalue weighted by Gasteiger charge is -2.31. The summed E-state index contributed by atoms with van der Waals surface area (Å²) in [5, 5.41) is 18.2. The summed E-state index contributed by atoms with van der Waals surface area (Å²) in [7, 11) is 1.62. The molecule has 0 saturated heterocycles. The predicted molar refractivity (Wildman–Crippen MR) is 126 cm³/mol. The van der Waals surface area contributed by atoms with Crippen LogP contribution in [0.3, 0.4) is 0 Å². The van der Waals surface area contributed by atoms with Crippen LogP contribution in [0.4, 0.5) is 10.9 Å². The summed E-state index contributed by atoms with van der Waals surface area (Å²) in [6.07, 6.45) is 7.60. The van der Waals surface area contributed by atoms with E-state index in [9.17, 15) is 5.11 Å². The second-order valence-corrected chi connectivity index (χ2v) is 9.40. The number of methoxy groups -OCH3 is 1. The first kappa shape index (κ1) is 20.4. The molecule has 1 N–H and O–H groups in total. The number of hydrogen-bond acceptors (Lipinski definition) is 8. The van der Waals surface area contributed by atoms with Gasteiger partial charge in [-0.25, -0.2) is 19.6 Å². The number of aliphatic hydroxyl groups is 1. The third-order valence-electron chi connectivity index (χ3n) is 6.24. The van der Waals surface area contributed by atoms with Crippen LogP contribution in [-0.2, 0) is 19.4 Å². The lowest BCUT2D eigenvalue weighted by atomic mass is 9.97. The molecule has 0 radical (unpaired) electrons. The SMILES string of the molecule is COc1nc(-c2csc(N3CC(O)Cn4nc5c(c43)CCCC5)n2)ccc1-n1cnc(C)c1. The van der Waals surface area contributed by atoms with Gasteiger partial charge in [-0.1, -0.05) is 0 Å². The van der Waals surface area contributed by atoms with E-state index in [0.29, 0.717) is 19.0 Å². The molecular weight excluding hydrogens is 438 g/mol. The molecule has 6 rings (SSSR count). The topological polar surface area (TPSA) is 94.1 Å². The van der Waals surface area contributed by atoms with Gasteiger partial charge in [0.25, 0.3) is 0 Å². The standard InChI is InChI=1S/C23H25N7O2S/c1-14-9-28(13-24-14)20-8-7-18(25-21(20)32-2)19-12-33-23(26-19)29-10-15(31)11-30-22(29)16-5-3-4-6-17(16)27-30/h7-9,12-13,15,31H,3-6,10-11H2,1-2H3. The lowest BCUT2D eigenvalue weighted by Crippen LogP contribution is -2.39. The van der Waals surface area contributed by atoms with Gasteiger partial charge in [0.2, 0.25) is 5.88 Å². The van der Waals surface area contributed by atoms with Gasteiger partial charge < -0.3 is 14.4 Å². The quantitative estimate of drug-likeness (QED) is 0.496. The number of pyridine rings is 1. The van der Waals surface area contributed by atoms with Gasteiger partial charge in [-0.15, -0.1) is 11.3 Å². The van der Waals surface area contributed by atoms with E-state index >= 15 is 0 Å². The summed E-state index contributed by atoms with van der Waals surface area (Å²) >= 11 is 1.55. The van der Waals surface area contributed by atoms with Crippen LogP contribution in [0.5, 0.6) is 5.88 Å². The summed E-state index contributed by atoms with van der Waals surface area (Å²) in [6.45, 7) is 2.99. The maximum atomic E-state index is 10.5. The van der Waals surface area contributed by atoms with Crippen LogP contribution in [-0.4, -0.2) is 54.2 Å². The van der Waals surface area contributed by atoms with Crippen molar-refractivity contribution in [2.24, 2.45) is 0 Å². The van der Waals surface area contributed by atoms with Crippen LogP contribution >= 0.6 is 11.3 Å². The van der Waals surface area contributed by atoms with Gasteiger partial charge in [0, 0.05) is 17.1 Å². The van der Waals surface area contributed by atoms with Crippen molar-refractivity contribution in [3.8, 4) is 23.0 Å². The Balaban J connectivity index is 1.36. The fourth-order valence-corrected chi connectivity index (χ4v) is 5.55. The van der Waals surface area contributed by atoms with Crippen LogP contribution in [0.1, 0.15) is 29.8 Å². The van der Waals surface area contributed by atoms with Crippen molar-refractivity contribution >= 4 is 22.3 Å². The number of hydrogen-bond donors (Lipinski definition) is 1. The maximum Gasteiger partial charge on any atom is 0.238 e. The first-order valence-electron chi connectivity index (χ1n) is 11.2. The molecule has 0 amide bonds. The molecule has 1 aliphatic heterocycles. The molecular formula is C23H25N7O2S. The summed E-state index contributed by atoms with van der Waals surface area (Å²) in [5.74, 6) is 1.60. The average Bonchev–Trinajstić information content (AvgIpc) is 3.56. The minimum absolute atomic E-state index is 0.484. The molecule has 5 heterocycles. The predicted octanol–water partition coefficient (Wildman–Crippen LogP) is 3.30. The van der Waals surface area contributed by atoms with E-state index in [4.69, 9.17) is 19.8 Å². The summed E-state index contributed by atoms with van der Waals surface area (Å²) < 4.78 is 9.43. The van der Waals surface area contributed by atoms with Crippen molar-refractivity contribution < 1.29 is 9.84 Å². The third-order valence-corrected chi connectivity index (χ3v) is 7.10. The zero-order valence-electron chi connectivity index (χ0n) is 18.6. The number of rotatable bonds is 4. The van der Waals surface area contributed by atoms with Crippen molar-refractivity contribution in [3.63, 3.8) is 0 Å². The Morgan fingerprint density at radius 2 is 2.00 bits per heavy atom. The number of ether oxygens (including phenoxy) is 1. The third kappa shape index (κ3) is 3.50. The molecule has 2 aliphatic rings. The van der Waals surface area contributed by atoms with Crippen LogP contribution in [0, 0.1) is 6.92 Å². The fraction of sp³-hybridized carbons (Fsp3) is 0.391. The van der Waals surface area contributed by atoms with Crippen LogP contribution in [0.25, 0.3) is 17.1 Å². The highest BCUT2D eigenvalue weighted by molar-refractivity contribution is 7.14. The van der Waals surface area contributed by atoms with Gasteiger partial charge in [-0.3, -0.25) is 4.90 Å². The number of aryl methyl sites for hydroxylation is 2. The van der Waals surface area contributed by atoms with E-state index in [-0.39, 0.29) is 0 Å². The molecule has 10 heteroatoms. The Morgan fingerprint density at radius 1 is 1.12 bits per heavy atom. The van der Waals surface area contributed by atoms with E-state index in [0.717, 1.165) is 46.6 Å². The zero-order valence-corrected chi connectivity index (χ0v) is 19.4. The smallest absolute Gasteiger partial charge is 0.238 e. The molecule has 1 unspecified atom stereocenters. The van der Waals surface area contributed by atoms with Gasteiger partial charge in [0.05, 0.1) is 49.7 Å². The van der Waals surface area contributed by atoms with E-state index < -0.39 is 6.10 Å². The summed E-state index contributed by atoms with van der Waals surface area (Å²) in [5.41, 5.74) is 5.75. The molecule has 9 nitrogen and oxygen atoms in total. The van der Waals surface area contributed by atoms with Gasteiger partial charge >= 0.3 is 0 Å². The second-order valence-electron chi connectivity index (χ2n) is 8.57. The number of fused-ring (bicyclic) bond motifs is 3. The van der Waals surface area contributed by atoms with Gasteiger partial charge in [0.1, 0.15) is 17.2 Å². The number of anilines is 2. The number of aromatic nitrogens is 6. The Morgan fingerprint density at radius 3 is 2.82 bits per heavy atom. The van der Waals surface area contributed by atoms with Crippen molar-refractivity contribution in [1.29, 1.82) is 0 Å². The van der Waals surface area contributed by atoms with E-state index in [1.54, 1.807) is 24.8 Å². The van der Waals surface area contributed by atoms with Gasteiger partial charge in [0.15, 0.2) is 5.13 Å². The molecule has 0 fully saturated rings. The largest absolute Gasteiger partial charge is 0.479 e. The first-order valence-corrected chi connectivity index (χ1v) is 12.0. The van der Waals surface area contributed by atoms with Crippen LogP contribution in [0.15, 0.2) is 30.0 Å². The van der Waals surface area contributed by atoms with Gasteiger partial charge in [-0.05, 0) is 44.7 Å². The Bertz CT molecular complexity index is 1320. The fourth-order valence-electron chi connectivity index (χ4n) is 4.72. The van der Waals surface area contributed by atoms with Crippen molar-refractivity contribution in [1.82, 2.24) is 29.3 Å². The average molecular weight is 464 g/mol. The van der Waals surface area contributed by atoms with Gasteiger partial charge in [-0.2, -0.15) is 5.10 Å². The highest BCUT2D eigenvalue weighted by Gasteiger charge is 2.32. The highest BCUT2D eigenvalue weighted by Crippen LogP contribution is 2.39. The summed E-state index contributed by atoms with van der Waals surface area (Å²) in [4.78, 5) is 16.0. The van der Waals surface area contributed by atoms with Crippen molar-refractivity contribution in [3.05, 3.63) is 47.0 Å². The lowest BCUT2D eigenvalue weighted by molar-refractivity contribution is 0.148. The molecule has 0 spiro atoms. The molecule has 0 aromatic carbocycles. The molecule has 0 bridgehead atoms. The first-order chi connectivity index (χ1) is 16.1. The van der Waals surface area contributed by atoms with Crippen LogP contribution < -0.4 is 9.64 Å². The normalized spacial score (nSPS) is 17.7. The monoisotopic (exact) mass is 463 g/mol. The zero-order chi connectivity index (χ0) is 22.5. The Hall–Kier alpha value is -3.24. The maximum absolute atomic E-state index is 10.5. The highest BCUT2D eigenvalue weighted by atomic mass is 32.1. The molecule has 1 atom stereocenters. The molecule has 170 valence electrons. The number of nitrogens with zero attached hydrogens (tertiary/aromatic N) is 7. The number of imidazole rings is 1. The molecule has 0 saturated carbocycles. The van der Waals surface area contributed by atoms with E-state index in [1.165, 1.54) is 24.1 Å². The Kier molecular flexibility index (Phi) is 4.92. The number of thiazole rings is 1. The number of β-amino-alcohol motifs (C(OH)–C–C–N with tert-alkyl or cyclic N) is 1. The Labute approximate surface area is 195 Å². The van der Waals surface area contributed by atoms with Crippen LogP contribution in [0.2, 0.25) is 0 Å². The molecule has 4 aromatic rings. The second kappa shape index (κ2) is 7.96. The van der Waals surface area contributed by atoms with Crippen molar-refractivity contribution in [2.45, 2.75) is 45.3 Å². The molecule has 4 aromatic heterocycles. The molecule has 33 heavy (non-hydrogen) atoms. The number of aliphatic hydroxyl groups excluding tert-OH is 1. The van der Waals surface area contributed by atoms with E-state index in [1.807, 2.05) is 39.9 Å².